The largest absolute Gasteiger partial charge is 0.489 e. The van der Waals surface area contributed by atoms with Gasteiger partial charge in [-0.15, -0.1) is 0 Å². The van der Waals surface area contributed by atoms with E-state index in [1.165, 1.54) is 0 Å². The molecule has 0 spiro atoms. The fraction of sp³-hybridized carbons (Fsp3) is 0.219. The molecule has 0 fully saturated rings. The van der Waals surface area contributed by atoms with E-state index < -0.39 is 6.10 Å². The van der Waals surface area contributed by atoms with Crippen LogP contribution in [0.4, 0.5) is 0 Å². The summed E-state index contributed by atoms with van der Waals surface area (Å²) in [5.74, 6) is 0.244. The van der Waals surface area contributed by atoms with Crippen LogP contribution in [0.5, 0.6) is 5.75 Å². The highest BCUT2D eigenvalue weighted by Gasteiger charge is 2.27. The first-order valence-corrected chi connectivity index (χ1v) is 13.3. The van der Waals surface area contributed by atoms with Gasteiger partial charge in [0.05, 0.1) is 6.42 Å². The minimum Gasteiger partial charge on any atom is -0.489 e. The second-order valence-electron chi connectivity index (χ2n) is 9.02. The van der Waals surface area contributed by atoms with E-state index in [4.69, 9.17) is 9.47 Å². The van der Waals surface area contributed by atoms with Gasteiger partial charge in [-0.3, -0.25) is 4.79 Å². The first kappa shape index (κ1) is 26.6. The lowest BCUT2D eigenvalue weighted by atomic mass is 9.88. The zero-order valence-corrected chi connectivity index (χ0v) is 22.7. The summed E-state index contributed by atoms with van der Waals surface area (Å²) in [6.07, 6.45) is -0.214. The number of hydrogen-bond donors (Lipinski definition) is 1. The summed E-state index contributed by atoms with van der Waals surface area (Å²) in [7, 11) is 1.87. The van der Waals surface area contributed by atoms with E-state index in [-0.39, 0.29) is 24.3 Å². The second kappa shape index (κ2) is 13.2. The Morgan fingerprint density at radius 1 is 0.838 bits per heavy atom. The van der Waals surface area contributed by atoms with Gasteiger partial charge in [0.2, 0.25) is 0 Å². The Morgan fingerprint density at radius 2 is 1.43 bits per heavy atom. The molecule has 1 N–H and O–H groups in total. The molecule has 0 aliphatic heterocycles. The third-order valence-corrected chi connectivity index (χ3v) is 6.95. The summed E-state index contributed by atoms with van der Waals surface area (Å²) in [5, 5.41) is 3.23. The van der Waals surface area contributed by atoms with Crippen LogP contribution in [0, 0.1) is 0 Å². The summed E-state index contributed by atoms with van der Waals surface area (Å²) in [5.41, 5.74) is 4.01. The lowest BCUT2D eigenvalue weighted by molar-refractivity contribution is -0.151. The van der Waals surface area contributed by atoms with Crippen molar-refractivity contribution in [1.29, 1.82) is 0 Å². The van der Waals surface area contributed by atoms with Gasteiger partial charge < -0.3 is 14.8 Å². The Morgan fingerprint density at radius 3 is 2.05 bits per heavy atom. The first-order valence-electron chi connectivity index (χ1n) is 12.5. The van der Waals surface area contributed by atoms with Gasteiger partial charge in [-0.05, 0) is 48.9 Å². The van der Waals surface area contributed by atoms with Crippen molar-refractivity contribution < 1.29 is 14.3 Å². The minimum absolute atomic E-state index is 0.0443. The number of likely N-dealkylation sites (N-methyl/N-ethyl adjacent to an activating group) is 1. The summed E-state index contributed by atoms with van der Waals surface area (Å²) in [4.78, 5) is 13.5. The van der Waals surface area contributed by atoms with Crippen LogP contribution in [0.2, 0.25) is 0 Å². The van der Waals surface area contributed by atoms with Crippen molar-refractivity contribution in [3.05, 3.63) is 136 Å². The predicted molar refractivity (Wildman–Crippen MR) is 152 cm³/mol. The van der Waals surface area contributed by atoms with Crippen LogP contribution < -0.4 is 10.1 Å². The van der Waals surface area contributed by atoms with Crippen LogP contribution in [0.25, 0.3) is 0 Å². The zero-order valence-electron chi connectivity index (χ0n) is 21.1. The molecule has 0 saturated heterocycles. The van der Waals surface area contributed by atoms with Gasteiger partial charge in [0.15, 0.2) is 0 Å². The molecule has 5 heteroatoms. The van der Waals surface area contributed by atoms with Crippen LogP contribution >= 0.6 is 15.9 Å². The molecule has 0 radical (unpaired) electrons. The predicted octanol–water partition coefficient (Wildman–Crippen LogP) is 7.44. The maximum atomic E-state index is 13.5. The molecular weight excluding hydrogens is 526 g/mol. The third kappa shape index (κ3) is 7.31. The number of hydrogen-bond acceptors (Lipinski definition) is 4. The van der Waals surface area contributed by atoms with Crippen LogP contribution in [0.15, 0.2) is 114 Å². The van der Waals surface area contributed by atoms with E-state index in [1.54, 1.807) is 0 Å². The standard InChI is InChI=1S/C32H32BrNO3/c1-23(34-2)32(26-16-10-5-11-17-26)37-31(35)21-28(25-14-8-4-9-15-25)29-20-27(33)18-19-30(29)36-22-24-12-6-3-7-13-24/h3-20,23,28,32,34H,21-22H2,1-2H3/t23-,28+,32+/m0/s1. The lowest BCUT2D eigenvalue weighted by Crippen LogP contribution is -2.32. The highest BCUT2D eigenvalue weighted by molar-refractivity contribution is 9.10. The van der Waals surface area contributed by atoms with E-state index in [9.17, 15) is 4.79 Å². The fourth-order valence-corrected chi connectivity index (χ4v) is 4.74. The molecule has 0 bridgehead atoms. The molecule has 0 saturated carbocycles. The normalized spacial score (nSPS) is 13.4. The van der Waals surface area contributed by atoms with E-state index in [0.717, 1.165) is 32.5 Å². The Balaban J connectivity index is 1.63. The molecule has 4 rings (SSSR count). The number of carbonyl (C=O) groups is 1. The smallest absolute Gasteiger partial charge is 0.307 e. The summed E-state index contributed by atoms with van der Waals surface area (Å²) in [6, 6.07) is 35.9. The van der Waals surface area contributed by atoms with Crippen molar-refractivity contribution in [2.24, 2.45) is 0 Å². The zero-order chi connectivity index (χ0) is 26.0. The number of halogens is 1. The molecule has 0 aliphatic carbocycles. The maximum absolute atomic E-state index is 13.5. The van der Waals surface area contributed by atoms with Crippen LogP contribution in [-0.2, 0) is 16.1 Å². The second-order valence-corrected chi connectivity index (χ2v) is 9.94. The number of carbonyl (C=O) groups excluding carboxylic acids is 1. The monoisotopic (exact) mass is 557 g/mol. The molecule has 4 aromatic carbocycles. The Kier molecular flexibility index (Phi) is 9.52. The molecular formula is C32H32BrNO3. The quantitative estimate of drug-likeness (QED) is 0.194. The van der Waals surface area contributed by atoms with Crippen molar-refractivity contribution in [1.82, 2.24) is 5.32 Å². The van der Waals surface area contributed by atoms with E-state index in [1.807, 2.05) is 123 Å². The van der Waals surface area contributed by atoms with Crippen LogP contribution in [-0.4, -0.2) is 19.1 Å². The Labute approximate surface area is 227 Å². The average molecular weight is 559 g/mol. The molecule has 0 unspecified atom stereocenters. The Bertz CT molecular complexity index is 1270. The molecule has 0 aliphatic rings. The molecule has 4 aromatic rings. The van der Waals surface area contributed by atoms with Gasteiger partial charge in [-0.2, -0.15) is 0 Å². The van der Waals surface area contributed by atoms with Crippen molar-refractivity contribution in [2.75, 3.05) is 7.05 Å². The van der Waals surface area contributed by atoms with Crippen molar-refractivity contribution in [2.45, 2.75) is 38.0 Å². The van der Waals surface area contributed by atoms with Gasteiger partial charge in [-0.1, -0.05) is 107 Å². The third-order valence-electron chi connectivity index (χ3n) is 6.45. The summed E-state index contributed by atoms with van der Waals surface area (Å²) < 4.78 is 13.3. The van der Waals surface area contributed by atoms with Crippen LogP contribution in [0.1, 0.15) is 47.6 Å². The molecule has 0 aromatic heterocycles. The molecule has 190 valence electrons. The van der Waals surface area contributed by atoms with Gasteiger partial charge in [0, 0.05) is 22.0 Å². The van der Waals surface area contributed by atoms with E-state index >= 15 is 0 Å². The van der Waals surface area contributed by atoms with Crippen molar-refractivity contribution in [3.8, 4) is 5.75 Å². The highest BCUT2D eigenvalue weighted by Crippen LogP contribution is 2.37. The summed E-state index contributed by atoms with van der Waals surface area (Å²) in [6.45, 7) is 2.46. The highest BCUT2D eigenvalue weighted by atomic mass is 79.9. The SMILES string of the molecule is CN[C@@H](C)[C@@H](OC(=O)C[C@H](c1ccccc1)c1cc(Br)ccc1OCc1ccccc1)c1ccccc1. The number of nitrogens with one attached hydrogen (secondary N) is 1. The number of benzene rings is 4. The first-order chi connectivity index (χ1) is 18.0. The lowest BCUT2D eigenvalue weighted by Gasteiger charge is -2.26. The molecule has 4 nitrogen and oxygen atoms in total. The fourth-order valence-electron chi connectivity index (χ4n) is 4.36. The van der Waals surface area contributed by atoms with E-state index in [2.05, 4.69) is 21.2 Å². The van der Waals surface area contributed by atoms with Crippen molar-refractivity contribution >= 4 is 21.9 Å². The molecule has 37 heavy (non-hydrogen) atoms. The maximum Gasteiger partial charge on any atom is 0.307 e. The number of ether oxygens (including phenoxy) is 2. The minimum atomic E-state index is -0.397. The molecule has 0 amide bonds. The van der Waals surface area contributed by atoms with Gasteiger partial charge in [-0.25, -0.2) is 0 Å². The molecule has 3 atom stereocenters. The molecule has 0 heterocycles. The number of esters is 1. The van der Waals surface area contributed by atoms with Gasteiger partial charge in [0.1, 0.15) is 18.5 Å². The topological polar surface area (TPSA) is 47.6 Å². The van der Waals surface area contributed by atoms with E-state index in [0.29, 0.717) is 6.61 Å². The Hall–Kier alpha value is -3.41. The van der Waals surface area contributed by atoms with Crippen LogP contribution in [0.3, 0.4) is 0 Å². The summed E-state index contributed by atoms with van der Waals surface area (Å²) >= 11 is 3.62. The number of rotatable bonds is 11. The van der Waals surface area contributed by atoms with Gasteiger partial charge >= 0.3 is 5.97 Å². The van der Waals surface area contributed by atoms with Crippen molar-refractivity contribution in [3.63, 3.8) is 0 Å². The van der Waals surface area contributed by atoms with Gasteiger partial charge in [0.25, 0.3) is 0 Å². The average Bonchev–Trinajstić information content (AvgIpc) is 2.95.